The molecule has 0 radical (unpaired) electrons. The van der Waals surface area contributed by atoms with Gasteiger partial charge in [0.15, 0.2) is 0 Å². The van der Waals surface area contributed by atoms with Crippen LogP contribution in [0.3, 0.4) is 0 Å². The van der Waals surface area contributed by atoms with E-state index < -0.39 is 0 Å². The lowest BCUT2D eigenvalue weighted by Gasteiger charge is -2.26. The van der Waals surface area contributed by atoms with Crippen LogP contribution in [0.5, 0.6) is 0 Å². The van der Waals surface area contributed by atoms with E-state index >= 15 is 0 Å². The highest BCUT2D eigenvalue weighted by Gasteiger charge is 2.15. The van der Waals surface area contributed by atoms with Gasteiger partial charge in [0, 0.05) is 19.6 Å². The number of halogens is 1. The zero-order valence-corrected chi connectivity index (χ0v) is 13.5. The van der Waals surface area contributed by atoms with Gasteiger partial charge in [-0.15, -0.1) is 0 Å². The number of urea groups is 1. The first-order chi connectivity index (χ1) is 9.88. The lowest BCUT2D eigenvalue weighted by molar-refractivity contribution is 0.183. The van der Waals surface area contributed by atoms with Gasteiger partial charge >= 0.3 is 6.03 Å². The van der Waals surface area contributed by atoms with Gasteiger partial charge in [0.2, 0.25) is 0 Å². The van der Waals surface area contributed by atoms with Crippen molar-refractivity contribution in [2.24, 2.45) is 11.8 Å². The Hall–Kier alpha value is -1.58. The van der Waals surface area contributed by atoms with Gasteiger partial charge in [-0.2, -0.15) is 0 Å². The Labute approximate surface area is 127 Å². The van der Waals surface area contributed by atoms with Gasteiger partial charge in [0.05, 0.1) is 0 Å². The molecular weight excluding hydrogens is 267 g/mol. The molecule has 0 aliphatic heterocycles. The SMILES string of the molecule is CC(C)CN(CC(C)C)C(=O)NCCc1cccc(F)c1. The monoisotopic (exact) mass is 294 g/mol. The molecule has 1 N–H and O–H groups in total. The zero-order valence-electron chi connectivity index (χ0n) is 13.5. The molecule has 0 spiro atoms. The van der Waals surface area contributed by atoms with Crippen LogP contribution in [0.15, 0.2) is 24.3 Å². The van der Waals surface area contributed by atoms with Gasteiger partial charge < -0.3 is 10.2 Å². The maximum absolute atomic E-state index is 13.1. The van der Waals surface area contributed by atoms with Crippen LogP contribution in [0.25, 0.3) is 0 Å². The van der Waals surface area contributed by atoms with Crippen LogP contribution >= 0.6 is 0 Å². The van der Waals surface area contributed by atoms with Gasteiger partial charge in [0.25, 0.3) is 0 Å². The summed E-state index contributed by atoms with van der Waals surface area (Å²) in [6.07, 6.45) is 0.640. The number of rotatable bonds is 7. The van der Waals surface area contributed by atoms with Gasteiger partial charge in [-0.1, -0.05) is 39.8 Å². The van der Waals surface area contributed by atoms with E-state index in [1.807, 2.05) is 11.0 Å². The summed E-state index contributed by atoms with van der Waals surface area (Å²) >= 11 is 0. The maximum atomic E-state index is 13.1. The predicted octanol–water partition coefficient (Wildman–Crippen LogP) is 3.69. The van der Waals surface area contributed by atoms with E-state index in [1.165, 1.54) is 12.1 Å². The Bertz CT molecular complexity index is 436. The largest absolute Gasteiger partial charge is 0.338 e. The first kappa shape index (κ1) is 17.5. The summed E-state index contributed by atoms with van der Waals surface area (Å²) in [4.78, 5) is 14.1. The van der Waals surface area contributed by atoms with Crippen molar-refractivity contribution in [1.29, 1.82) is 0 Å². The molecule has 0 saturated carbocycles. The molecule has 1 aromatic carbocycles. The van der Waals surface area contributed by atoms with Crippen molar-refractivity contribution in [3.05, 3.63) is 35.6 Å². The van der Waals surface area contributed by atoms with Crippen molar-refractivity contribution < 1.29 is 9.18 Å². The van der Waals surface area contributed by atoms with Crippen molar-refractivity contribution in [2.45, 2.75) is 34.1 Å². The molecule has 0 atom stereocenters. The minimum atomic E-state index is -0.236. The molecule has 4 heteroatoms. The summed E-state index contributed by atoms with van der Waals surface area (Å²) < 4.78 is 13.1. The fraction of sp³-hybridized carbons (Fsp3) is 0.588. The summed E-state index contributed by atoms with van der Waals surface area (Å²) in [6, 6.07) is 6.46. The van der Waals surface area contributed by atoms with Crippen LogP contribution in [0, 0.1) is 17.7 Å². The topological polar surface area (TPSA) is 32.3 Å². The summed E-state index contributed by atoms with van der Waals surface area (Å²) in [6.45, 7) is 10.4. The minimum absolute atomic E-state index is 0.0335. The third-order valence-corrected chi connectivity index (χ3v) is 3.04. The van der Waals surface area contributed by atoms with E-state index in [0.717, 1.165) is 18.7 Å². The number of nitrogens with one attached hydrogen (secondary N) is 1. The number of hydrogen-bond acceptors (Lipinski definition) is 1. The van der Waals surface area contributed by atoms with Crippen LogP contribution in [0.2, 0.25) is 0 Å². The molecule has 3 nitrogen and oxygen atoms in total. The number of hydrogen-bond donors (Lipinski definition) is 1. The first-order valence-corrected chi connectivity index (χ1v) is 7.65. The molecule has 118 valence electrons. The van der Waals surface area contributed by atoms with Crippen molar-refractivity contribution in [2.75, 3.05) is 19.6 Å². The standard InChI is InChI=1S/C17H27FN2O/c1-13(2)11-20(12-14(3)4)17(21)19-9-8-15-6-5-7-16(18)10-15/h5-7,10,13-14H,8-9,11-12H2,1-4H3,(H,19,21). The van der Waals surface area contributed by atoms with Crippen molar-refractivity contribution in [3.63, 3.8) is 0 Å². The molecule has 0 heterocycles. The van der Waals surface area contributed by atoms with Gasteiger partial charge in [-0.05, 0) is 36.0 Å². The average Bonchev–Trinajstić information content (AvgIpc) is 2.36. The van der Waals surface area contributed by atoms with E-state index in [4.69, 9.17) is 0 Å². The van der Waals surface area contributed by atoms with Crippen LogP contribution < -0.4 is 5.32 Å². The molecule has 0 aliphatic rings. The summed E-state index contributed by atoms with van der Waals surface area (Å²) in [7, 11) is 0. The number of nitrogens with zero attached hydrogens (tertiary/aromatic N) is 1. The number of benzene rings is 1. The maximum Gasteiger partial charge on any atom is 0.317 e. The normalized spacial score (nSPS) is 11.0. The quantitative estimate of drug-likeness (QED) is 0.817. The van der Waals surface area contributed by atoms with Crippen LogP contribution in [-0.4, -0.2) is 30.6 Å². The molecule has 0 aliphatic carbocycles. The first-order valence-electron chi connectivity index (χ1n) is 7.65. The number of carbonyl (C=O) groups excluding carboxylic acids is 1. The van der Waals surface area contributed by atoms with Gasteiger partial charge in [-0.3, -0.25) is 0 Å². The Balaban J connectivity index is 2.45. The van der Waals surface area contributed by atoms with Crippen LogP contribution in [0.4, 0.5) is 9.18 Å². The Morgan fingerprint density at radius 3 is 2.33 bits per heavy atom. The van der Waals surface area contributed by atoms with Gasteiger partial charge in [-0.25, -0.2) is 9.18 Å². The summed E-state index contributed by atoms with van der Waals surface area (Å²) in [5.41, 5.74) is 0.898. The molecule has 0 fully saturated rings. The van der Waals surface area contributed by atoms with Crippen LogP contribution in [-0.2, 0) is 6.42 Å². The van der Waals surface area contributed by atoms with E-state index in [2.05, 4.69) is 33.0 Å². The van der Waals surface area contributed by atoms with Crippen LogP contribution in [0.1, 0.15) is 33.3 Å². The molecular formula is C17H27FN2O. The van der Waals surface area contributed by atoms with E-state index in [-0.39, 0.29) is 11.8 Å². The van der Waals surface area contributed by atoms with Crippen molar-refractivity contribution in [1.82, 2.24) is 10.2 Å². The highest BCUT2D eigenvalue weighted by Crippen LogP contribution is 2.06. The number of carbonyl (C=O) groups is 1. The second-order valence-electron chi connectivity index (χ2n) is 6.30. The molecule has 0 aromatic heterocycles. The molecule has 1 rings (SSSR count). The molecule has 1 aromatic rings. The van der Waals surface area contributed by atoms with Crippen molar-refractivity contribution in [3.8, 4) is 0 Å². The molecule has 0 unspecified atom stereocenters. The Kier molecular flexibility index (Phi) is 7.20. The third kappa shape index (κ3) is 7.11. The Morgan fingerprint density at radius 2 is 1.81 bits per heavy atom. The number of amides is 2. The smallest absolute Gasteiger partial charge is 0.317 e. The fourth-order valence-electron chi connectivity index (χ4n) is 2.24. The molecule has 21 heavy (non-hydrogen) atoms. The second-order valence-corrected chi connectivity index (χ2v) is 6.30. The Morgan fingerprint density at radius 1 is 1.19 bits per heavy atom. The minimum Gasteiger partial charge on any atom is -0.338 e. The van der Waals surface area contributed by atoms with E-state index in [0.29, 0.717) is 24.8 Å². The zero-order chi connectivity index (χ0) is 15.8. The highest BCUT2D eigenvalue weighted by atomic mass is 19.1. The third-order valence-electron chi connectivity index (χ3n) is 3.04. The van der Waals surface area contributed by atoms with Crippen molar-refractivity contribution >= 4 is 6.03 Å². The molecule has 2 amide bonds. The highest BCUT2D eigenvalue weighted by molar-refractivity contribution is 5.74. The molecule has 0 bridgehead atoms. The molecule has 0 saturated heterocycles. The second kappa shape index (κ2) is 8.65. The van der Waals surface area contributed by atoms with E-state index in [9.17, 15) is 9.18 Å². The lowest BCUT2D eigenvalue weighted by Crippen LogP contribution is -2.44. The summed E-state index contributed by atoms with van der Waals surface area (Å²) in [5, 5.41) is 2.93. The van der Waals surface area contributed by atoms with Gasteiger partial charge in [0.1, 0.15) is 5.82 Å². The average molecular weight is 294 g/mol. The summed E-state index contributed by atoms with van der Waals surface area (Å²) in [5.74, 6) is 0.649. The lowest BCUT2D eigenvalue weighted by atomic mass is 10.1. The fourth-order valence-corrected chi connectivity index (χ4v) is 2.24. The predicted molar refractivity (Wildman–Crippen MR) is 84.8 cm³/mol. The van der Waals surface area contributed by atoms with E-state index in [1.54, 1.807) is 6.07 Å².